The van der Waals surface area contributed by atoms with Gasteiger partial charge in [-0.25, -0.2) is 0 Å². The standard InChI is InChI=1S/C14H13IN2O/c1-17(10-13-4-2-3-9-16-13)14(18)11-5-7-12(15)8-6-11/h2-9H,10H2,1H3. The summed E-state index contributed by atoms with van der Waals surface area (Å²) >= 11 is 2.22. The monoisotopic (exact) mass is 352 g/mol. The number of nitrogens with zero attached hydrogens (tertiary/aromatic N) is 2. The predicted molar refractivity (Wildman–Crippen MR) is 79.2 cm³/mol. The number of benzene rings is 1. The Morgan fingerprint density at radius 3 is 2.56 bits per heavy atom. The molecule has 0 spiro atoms. The molecule has 0 aliphatic rings. The number of rotatable bonds is 3. The van der Waals surface area contributed by atoms with E-state index >= 15 is 0 Å². The van der Waals surface area contributed by atoms with Crippen molar-refractivity contribution in [1.82, 2.24) is 9.88 Å². The molecule has 1 amide bonds. The van der Waals surface area contributed by atoms with Gasteiger partial charge < -0.3 is 4.90 Å². The number of halogens is 1. The fourth-order valence-corrected chi connectivity index (χ4v) is 1.98. The van der Waals surface area contributed by atoms with E-state index in [0.29, 0.717) is 12.1 Å². The minimum Gasteiger partial charge on any atom is -0.336 e. The van der Waals surface area contributed by atoms with Gasteiger partial charge in [0.05, 0.1) is 12.2 Å². The van der Waals surface area contributed by atoms with Gasteiger partial charge in [-0.3, -0.25) is 9.78 Å². The topological polar surface area (TPSA) is 33.2 Å². The van der Waals surface area contributed by atoms with Crippen molar-refractivity contribution in [2.75, 3.05) is 7.05 Å². The van der Waals surface area contributed by atoms with Crippen LogP contribution in [0.4, 0.5) is 0 Å². The van der Waals surface area contributed by atoms with Gasteiger partial charge in [-0.05, 0) is 59.0 Å². The molecule has 0 radical (unpaired) electrons. The highest BCUT2D eigenvalue weighted by Gasteiger charge is 2.11. The summed E-state index contributed by atoms with van der Waals surface area (Å²) in [6.45, 7) is 0.520. The van der Waals surface area contributed by atoms with Crippen molar-refractivity contribution in [3.8, 4) is 0 Å². The lowest BCUT2D eigenvalue weighted by Gasteiger charge is -2.16. The maximum absolute atomic E-state index is 12.2. The number of pyridine rings is 1. The van der Waals surface area contributed by atoms with E-state index in [1.54, 1.807) is 18.1 Å². The Hall–Kier alpha value is -1.43. The first-order valence-electron chi connectivity index (χ1n) is 5.58. The summed E-state index contributed by atoms with van der Waals surface area (Å²) in [6, 6.07) is 13.3. The van der Waals surface area contributed by atoms with Gasteiger partial charge in [-0.15, -0.1) is 0 Å². The Bertz CT molecular complexity index is 525. The molecule has 2 rings (SSSR count). The molecule has 0 atom stereocenters. The first kappa shape index (κ1) is 13.0. The highest BCUT2D eigenvalue weighted by Crippen LogP contribution is 2.10. The average Bonchev–Trinajstić information content (AvgIpc) is 2.40. The highest BCUT2D eigenvalue weighted by molar-refractivity contribution is 14.1. The summed E-state index contributed by atoms with van der Waals surface area (Å²) in [6.07, 6.45) is 1.73. The molecule has 0 saturated heterocycles. The zero-order valence-corrected chi connectivity index (χ0v) is 12.2. The Morgan fingerprint density at radius 1 is 1.22 bits per heavy atom. The SMILES string of the molecule is CN(Cc1ccccn1)C(=O)c1ccc(I)cc1. The van der Waals surface area contributed by atoms with Gasteiger partial charge >= 0.3 is 0 Å². The molecule has 1 heterocycles. The molecule has 3 nitrogen and oxygen atoms in total. The van der Waals surface area contributed by atoms with Crippen LogP contribution in [-0.2, 0) is 6.54 Å². The second kappa shape index (κ2) is 5.95. The Labute approximate surface area is 120 Å². The van der Waals surface area contributed by atoms with E-state index in [1.165, 1.54) is 0 Å². The molecule has 0 unspecified atom stereocenters. The van der Waals surface area contributed by atoms with Gasteiger partial charge in [0, 0.05) is 22.4 Å². The number of carbonyl (C=O) groups excluding carboxylic acids is 1. The second-order valence-electron chi connectivity index (χ2n) is 3.99. The number of hydrogen-bond acceptors (Lipinski definition) is 2. The smallest absolute Gasteiger partial charge is 0.253 e. The molecule has 4 heteroatoms. The maximum Gasteiger partial charge on any atom is 0.253 e. The van der Waals surface area contributed by atoms with Crippen LogP contribution in [0.5, 0.6) is 0 Å². The third-order valence-electron chi connectivity index (χ3n) is 2.56. The third kappa shape index (κ3) is 3.29. The second-order valence-corrected chi connectivity index (χ2v) is 5.23. The van der Waals surface area contributed by atoms with Gasteiger partial charge in [0.1, 0.15) is 0 Å². The Balaban J connectivity index is 2.07. The summed E-state index contributed by atoms with van der Waals surface area (Å²) in [5.74, 6) is 0.0112. The Kier molecular flexibility index (Phi) is 4.30. The molecule has 92 valence electrons. The summed E-state index contributed by atoms with van der Waals surface area (Å²) in [5.41, 5.74) is 1.59. The molecular formula is C14H13IN2O. The van der Waals surface area contributed by atoms with Crippen molar-refractivity contribution in [3.63, 3.8) is 0 Å². The number of hydrogen-bond donors (Lipinski definition) is 0. The quantitative estimate of drug-likeness (QED) is 0.796. The van der Waals surface area contributed by atoms with Crippen LogP contribution in [-0.4, -0.2) is 22.8 Å². The van der Waals surface area contributed by atoms with Gasteiger partial charge in [-0.2, -0.15) is 0 Å². The molecule has 0 bridgehead atoms. The van der Waals surface area contributed by atoms with Crippen molar-refractivity contribution in [1.29, 1.82) is 0 Å². The van der Waals surface area contributed by atoms with E-state index in [1.807, 2.05) is 42.5 Å². The summed E-state index contributed by atoms with van der Waals surface area (Å²) in [4.78, 5) is 18.0. The van der Waals surface area contributed by atoms with Crippen LogP contribution in [0.15, 0.2) is 48.7 Å². The molecule has 18 heavy (non-hydrogen) atoms. The van der Waals surface area contributed by atoms with Crippen molar-refractivity contribution in [3.05, 3.63) is 63.5 Å². The van der Waals surface area contributed by atoms with Crippen LogP contribution in [0, 0.1) is 3.57 Å². The van der Waals surface area contributed by atoms with Crippen molar-refractivity contribution in [2.45, 2.75) is 6.54 Å². The van der Waals surface area contributed by atoms with Crippen LogP contribution in [0.2, 0.25) is 0 Å². The fraction of sp³-hybridized carbons (Fsp3) is 0.143. The number of amides is 1. The molecule has 1 aromatic carbocycles. The molecule has 2 aromatic rings. The number of aromatic nitrogens is 1. The summed E-state index contributed by atoms with van der Waals surface area (Å²) < 4.78 is 1.12. The molecule has 0 aliphatic heterocycles. The zero-order chi connectivity index (χ0) is 13.0. The predicted octanol–water partition coefficient (Wildman–Crippen LogP) is 2.96. The molecular weight excluding hydrogens is 339 g/mol. The normalized spacial score (nSPS) is 10.1. The van der Waals surface area contributed by atoms with Crippen LogP contribution in [0.1, 0.15) is 16.1 Å². The molecule has 0 N–H and O–H groups in total. The van der Waals surface area contributed by atoms with E-state index in [0.717, 1.165) is 9.26 Å². The van der Waals surface area contributed by atoms with Gasteiger partial charge in [0.25, 0.3) is 5.91 Å². The van der Waals surface area contributed by atoms with Crippen LogP contribution >= 0.6 is 22.6 Å². The lowest BCUT2D eigenvalue weighted by Crippen LogP contribution is -2.26. The van der Waals surface area contributed by atoms with Gasteiger partial charge in [-0.1, -0.05) is 6.07 Å². The van der Waals surface area contributed by atoms with Crippen molar-refractivity contribution in [2.24, 2.45) is 0 Å². The van der Waals surface area contributed by atoms with Crippen LogP contribution in [0.3, 0.4) is 0 Å². The van der Waals surface area contributed by atoms with E-state index in [-0.39, 0.29) is 5.91 Å². The first-order valence-corrected chi connectivity index (χ1v) is 6.65. The Morgan fingerprint density at radius 2 is 1.94 bits per heavy atom. The lowest BCUT2D eigenvalue weighted by molar-refractivity contribution is 0.0783. The molecule has 0 saturated carbocycles. The van der Waals surface area contributed by atoms with E-state index in [2.05, 4.69) is 27.6 Å². The highest BCUT2D eigenvalue weighted by atomic mass is 127. The molecule has 1 aromatic heterocycles. The average molecular weight is 352 g/mol. The minimum atomic E-state index is 0.0112. The van der Waals surface area contributed by atoms with E-state index < -0.39 is 0 Å². The van der Waals surface area contributed by atoms with Crippen molar-refractivity contribution >= 4 is 28.5 Å². The van der Waals surface area contributed by atoms with Crippen LogP contribution in [0.25, 0.3) is 0 Å². The van der Waals surface area contributed by atoms with E-state index in [4.69, 9.17) is 0 Å². The van der Waals surface area contributed by atoms with Gasteiger partial charge in [0.2, 0.25) is 0 Å². The van der Waals surface area contributed by atoms with E-state index in [9.17, 15) is 4.79 Å². The largest absolute Gasteiger partial charge is 0.336 e. The van der Waals surface area contributed by atoms with Gasteiger partial charge in [0.15, 0.2) is 0 Å². The third-order valence-corrected chi connectivity index (χ3v) is 3.28. The maximum atomic E-state index is 12.2. The summed E-state index contributed by atoms with van der Waals surface area (Å²) in [5, 5.41) is 0. The number of carbonyl (C=O) groups is 1. The van der Waals surface area contributed by atoms with Crippen molar-refractivity contribution < 1.29 is 4.79 Å². The summed E-state index contributed by atoms with van der Waals surface area (Å²) in [7, 11) is 1.79. The molecule has 0 fully saturated rings. The zero-order valence-electron chi connectivity index (χ0n) is 10.0. The first-order chi connectivity index (χ1) is 8.66. The molecule has 0 aliphatic carbocycles. The lowest BCUT2D eigenvalue weighted by atomic mass is 10.2. The van der Waals surface area contributed by atoms with Crippen LogP contribution < -0.4 is 0 Å². The fourth-order valence-electron chi connectivity index (χ4n) is 1.62. The minimum absolute atomic E-state index is 0.0112.